The highest BCUT2D eigenvalue weighted by Gasteiger charge is 2.11. The molecule has 3 rings (SSSR count). The Kier molecular flexibility index (Phi) is 6.60. The van der Waals surface area contributed by atoms with Crippen LogP contribution in [0.3, 0.4) is 0 Å². The summed E-state index contributed by atoms with van der Waals surface area (Å²) in [5, 5.41) is 6.73. The number of rotatable bonds is 8. The Hall–Kier alpha value is -2.93. The van der Waals surface area contributed by atoms with Crippen LogP contribution in [-0.2, 0) is 4.79 Å². The van der Waals surface area contributed by atoms with Crippen molar-refractivity contribution in [3.63, 3.8) is 0 Å². The number of amides is 2. The van der Waals surface area contributed by atoms with Gasteiger partial charge in [-0.15, -0.1) is 11.3 Å². The molecule has 0 fully saturated rings. The van der Waals surface area contributed by atoms with Gasteiger partial charge < -0.3 is 15.4 Å². The SMILES string of the molecule is CCOc1ccccc1C(=O)NCCCC(=O)Nc1ccc2nc(C)sc2c1. The average molecular weight is 398 g/mol. The summed E-state index contributed by atoms with van der Waals surface area (Å²) in [4.78, 5) is 28.9. The van der Waals surface area contributed by atoms with Crippen LogP contribution in [0.15, 0.2) is 42.5 Å². The number of thiazole rings is 1. The molecular weight excluding hydrogens is 374 g/mol. The van der Waals surface area contributed by atoms with Gasteiger partial charge in [-0.25, -0.2) is 4.98 Å². The largest absolute Gasteiger partial charge is 0.493 e. The van der Waals surface area contributed by atoms with Gasteiger partial charge in [0.15, 0.2) is 0 Å². The molecule has 0 spiro atoms. The second-order valence-electron chi connectivity index (χ2n) is 6.25. The standard InChI is InChI=1S/C21H23N3O3S/c1-3-27-18-8-5-4-7-16(18)21(26)22-12-6-9-20(25)24-15-10-11-17-19(13-15)28-14(2)23-17/h4-5,7-8,10-11,13H,3,6,9,12H2,1-2H3,(H,22,26)(H,24,25). The third-order valence-electron chi connectivity index (χ3n) is 4.08. The fourth-order valence-corrected chi connectivity index (χ4v) is 3.69. The van der Waals surface area contributed by atoms with E-state index in [0.29, 0.717) is 37.3 Å². The number of benzene rings is 2. The van der Waals surface area contributed by atoms with E-state index in [2.05, 4.69) is 15.6 Å². The van der Waals surface area contributed by atoms with Crippen LogP contribution in [0.2, 0.25) is 0 Å². The average Bonchev–Trinajstić information content (AvgIpc) is 3.05. The van der Waals surface area contributed by atoms with Crippen molar-refractivity contribution < 1.29 is 14.3 Å². The van der Waals surface area contributed by atoms with Crippen LogP contribution in [0, 0.1) is 6.92 Å². The number of carbonyl (C=O) groups is 2. The van der Waals surface area contributed by atoms with E-state index in [0.717, 1.165) is 20.9 Å². The van der Waals surface area contributed by atoms with Gasteiger partial charge in [0, 0.05) is 18.7 Å². The monoisotopic (exact) mass is 397 g/mol. The molecule has 7 heteroatoms. The van der Waals surface area contributed by atoms with Gasteiger partial charge in [0.25, 0.3) is 5.91 Å². The van der Waals surface area contributed by atoms with Gasteiger partial charge in [-0.3, -0.25) is 9.59 Å². The van der Waals surface area contributed by atoms with Crippen molar-refractivity contribution in [1.82, 2.24) is 10.3 Å². The zero-order valence-electron chi connectivity index (χ0n) is 16.0. The first kappa shape index (κ1) is 19.8. The third kappa shape index (κ3) is 5.07. The molecular formula is C21H23N3O3S. The number of nitrogens with zero attached hydrogens (tertiary/aromatic N) is 1. The third-order valence-corrected chi connectivity index (χ3v) is 5.01. The van der Waals surface area contributed by atoms with Crippen LogP contribution in [0.5, 0.6) is 5.75 Å². The summed E-state index contributed by atoms with van der Waals surface area (Å²) in [5.74, 6) is 0.286. The van der Waals surface area contributed by atoms with Crippen LogP contribution in [0.25, 0.3) is 10.2 Å². The highest BCUT2D eigenvalue weighted by Crippen LogP contribution is 2.24. The normalized spacial score (nSPS) is 10.6. The summed E-state index contributed by atoms with van der Waals surface area (Å²) >= 11 is 1.60. The summed E-state index contributed by atoms with van der Waals surface area (Å²) in [5.41, 5.74) is 2.20. The number of para-hydroxylation sites is 1. The molecule has 0 saturated heterocycles. The minimum Gasteiger partial charge on any atom is -0.493 e. The number of hydrogen-bond acceptors (Lipinski definition) is 5. The summed E-state index contributed by atoms with van der Waals surface area (Å²) in [6.07, 6.45) is 0.878. The van der Waals surface area contributed by atoms with Crippen molar-refractivity contribution in [1.29, 1.82) is 0 Å². The summed E-state index contributed by atoms with van der Waals surface area (Å²) in [6.45, 7) is 4.75. The number of hydrogen-bond donors (Lipinski definition) is 2. The Bertz CT molecular complexity index is 984. The van der Waals surface area contributed by atoms with Crippen molar-refractivity contribution in [3.8, 4) is 5.75 Å². The zero-order valence-corrected chi connectivity index (χ0v) is 16.8. The molecule has 146 valence electrons. The van der Waals surface area contributed by atoms with Gasteiger partial charge in [-0.1, -0.05) is 12.1 Å². The first-order valence-electron chi connectivity index (χ1n) is 9.24. The molecule has 1 aromatic heterocycles. The van der Waals surface area contributed by atoms with E-state index in [1.165, 1.54) is 0 Å². The molecule has 0 radical (unpaired) electrons. The predicted octanol–water partition coefficient (Wildman–Crippen LogP) is 4.15. The lowest BCUT2D eigenvalue weighted by Crippen LogP contribution is -2.26. The van der Waals surface area contributed by atoms with Crippen molar-refractivity contribution in [3.05, 3.63) is 53.0 Å². The molecule has 3 aromatic rings. The van der Waals surface area contributed by atoms with Gasteiger partial charge in [0.1, 0.15) is 5.75 Å². The molecule has 0 atom stereocenters. The maximum absolute atomic E-state index is 12.3. The van der Waals surface area contributed by atoms with Crippen LogP contribution >= 0.6 is 11.3 Å². The van der Waals surface area contributed by atoms with Crippen molar-refractivity contribution in [2.45, 2.75) is 26.7 Å². The van der Waals surface area contributed by atoms with E-state index < -0.39 is 0 Å². The van der Waals surface area contributed by atoms with E-state index >= 15 is 0 Å². The van der Waals surface area contributed by atoms with Gasteiger partial charge in [0.05, 0.1) is 27.4 Å². The molecule has 2 aromatic carbocycles. The Morgan fingerprint density at radius 3 is 2.82 bits per heavy atom. The molecule has 0 aliphatic carbocycles. The van der Waals surface area contributed by atoms with E-state index in [-0.39, 0.29) is 11.8 Å². The van der Waals surface area contributed by atoms with Crippen molar-refractivity contribution >= 4 is 39.1 Å². The number of carbonyl (C=O) groups excluding carboxylic acids is 2. The summed E-state index contributed by atoms with van der Waals surface area (Å²) in [7, 11) is 0. The smallest absolute Gasteiger partial charge is 0.255 e. The summed E-state index contributed by atoms with van der Waals surface area (Å²) < 4.78 is 6.52. The number of anilines is 1. The Balaban J connectivity index is 1.45. The first-order valence-corrected chi connectivity index (χ1v) is 10.1. The van der Waals surface area contributed by atoms with E-state index in [4.69, 9.17) is 4.74 Å². The first-order chi connectivity index (χ1) is 13.6. The molecule has 2 amide bonds. The molecule has 0 saturated carbocycles. The highest BCUT2D eigenvalue weighted by atomic mass is 32.1. The number of fused-ring (bicyclic) bond motifs is 1. The lowest BCUT2D eigenvalue weighted by Gasteiger charge is -2.10. The van der Waals surface area contributed by atoms with Crippen molar-refractivity contribution in [2.24, 2.45) is 0 Å². The van der Waals surface area contributed by atoms with Crippen LogP contribution < -0.4 is 15.4 Å². The van der Waals surface area contributed by atoms with E-state index in [9.17, 15) is 9.59 Å². The number of nitrogens with one attached hydrogen (secondary N) is 2. The molecule has 1 heterocycles. The number of aromatic nitrogens is 1. The fraction of sp³-hybridized carbons (Fsp3) is 0.286. The Morgan fingerprint density at radius 2 is 2.00 bits per heavy atom. The van der Waals surface area contributed by atoms with Crippen molar-refractivity contribution in [2.75, 3.05) is 18.5 Å². The Morgan fingerprint density at radius 1 is 1.18 bits per heavy atom. The number of ether oxygens (including phenoxy) is 1. The second kappa shape index (κ2) is 9.32. The van der Waals surface area contributed by atoms with E-state index in [1.807, 2.05) is 38.1 Å². The molecule has 2 N–H and O–H groups in total. The molecule has 0 bridgehead atoms. The van der Waals surface area contributed by atoms with Gasteiger partial charge in [0.2, 0.25) is 5.91 Å². The summed E-state index contributed by atoms with van der Waals surface area (Å²) in [6, 6.07) is 12.8. The zero-order chi connectivity index (χ0) is 19.9. The highest BCUT2D eigenvalue weighted by molar-refractivity contribution is 7.18. The van der Waals surface area contributed by atoms with Crippen LogP contribution in [-0.4, -0.2) is 29.9 Å². The van der Waals surface area contributed by atoms with E-state index in [1.54, 1.807) is 29.5 Å². The molecule has 0 aliphatic rings. The minimum absolute atomic E-state index is 0.0791. The van der Waals surface area contributed by atoms with Crippen LogP contribution in [0.4, 0.5) is 5.69 Å². The molecule has 0 aliphatic heterocycles. The second-order valence-corrected chi connectivity index (χ2v) is 7.49. The molecule has 28 heavy (non-hydrogen) atoms. The maximum atomic E-state index is 12.3. The van der Waals surface area contributed by atoms with Crippen LogP contribution in [0.1, 0.15) is 35.1 Å². The maximum Gasteiger partial charge on any atom is 0.255 e. The van der Waals surface area contributed by atoms with Gasteiger partial charge >= 0.3 is 0 Å². The quantitative estimate of drug-likeness (QED) is 0.560. The minimum atomic E-state index is -0.199. The number of aryl methyl sites for hydroxylation is 1. The topological polar surface area (TPSA) is 80.3 Å². The lowest BCUT2D eigenvalue weighted by molar-refractivity contribution is -0.116. The Labute approximate surface area is 167 Å². The fourth-order valence-electron chi connectivity index (χ4n) is 2.82. The predicted molar refractivity (Wildman–Crippen MR) is 112 cm³/mol. The van der Waals surface area contributed by atoms with Gasteiger partial charge in [-0.2, -0.15) is 0 Å². The lowest BCUT2D eigenvalue weighted by atomic mass is 10.2. The van der Waals surface area contributed by atoms with Gasteiger partial charge in [-0.05, 0) is 50.6 Å². The molecule has 6 nitrogen and oxygen atoms in total. The molecule has 0 unspecified atom stereocenters.